The van der Waals surface area contributed by atoms with Gasteiger partial charge in [-0.25, -0.2) is 17.2 Å². The van der Waals surface area contributed by atoms with Crippen molar-refractivity contribution in [3.8, 4) is 5.75 Å². The van der Waals surface area contributed by atoms with Crippen LogP contribution in [-0.4, -0.2) is 45.2 Å². The number of hydrogen-bond donors (Lipinski definition) is 1. The predicted molar refractivity (Wildman–Crippen MR) is 153 cm³/mol. The smallest absolute Gasteiger partial charge is 0.419 e. The molecule has 12 heteroatoms. The lowest BCUT2D eigenvalue weighted by atomic mass is 9.84. The summed E-state index contributed by atoms with van der Waals surface area (Å²) in [5.74, 6) is -2.68. The van der Waals surface area contributed by atoms with Crippen LogP contribution in [0.4, 0.5) is 22.0 Å². The Morgan fingerprint density at radius 1 is 1.00 bits per heavy atom. The molecule has 0 aliphatic rings. The van der Waals surface area contributed by atoms with Crippen molar-refractivity contribution in [3.05, 3.63) is 94.6 Å². The highest BCUT2D eigenvalue weighted by atomic mass is 32.2. The van der Waals surface area contributed by atoms with Crippen molar-refractivity contribution in [2.45, 2.75) is 56.8 Å². The molecular weight excluding hydrogens is 591 g/mol. The van der Waals surface area contributed by atoms with E-state index in [0.29, 0.717) is 19.0 Å². The molecule has 0 fully saturated rings. The quantitative estimate of drug-likeness (QED) is 0.179. The highest BCUT2D eigenvalue weighted by Gasteiger charge is 2.35. The van der Waals surface area contributed by atoms with E-state index in [4.69, 9.17) is 4.74 Å². The number of benzene rings is 3. The molecule has 0 bridgehead atoms. The second-order valence-corrected chi connectivity index (χ2v) is 13.0. The molecule has 1 amide bonds. The number of alkyl halides is 3. The average Bonchev–Trinajstić information content (AvgIpc) is 2.90. The Morgan fingerprint density at radius 2 is 1.67 bits per heavy atom. The molecule has 0 radical (unpaired) electrons. The lowest BCUT2D eigenvalue weighted by Crippen LogP contribution is -2.38. The molecule has 0 unspecified atom stereocenters. The van der Waals surface area contributed by atoms with E-state index in [1.165, 1.54) is 25.1 Å². The molecule has 3 aromatic carbocycles. The largest absolute Gasteiger partial charge is 0.493 e. The normalized spacial score (nSPS) is 12.4. The third-order valence-corrected chi connectivity index (χ3v) is 8.04. The Balaban J connectivity index is 1.79. The molecule has 0 atom stereocenters. The summed E-state index contributed by atoms with van der Waals surface area (Å²) in [4.78, 5) is 12.8. The van der Waals surface area contributed by atoms with E-state index in [2.05, 4.69) is 5.32 Å². The highest BCUT2D eigenvalue weighted by molar-refractivity contribution is 7.90. The number of rotatable bonds is 13. The molecule has 0 saturated carbocycles. The number of carbonyl (C=O) groups is 1. The van der Waals surface area contributed by atoms with Crippen LogP contribution < -0.4 is 10.1 Å². The van der Waals surface area contributed by atoms with Crippen LogP contribution in [-0.2, 0) is 39.3 Å². The van der Waals surface area contributed by atoms with E-state index in [-0.39, 0.29) is 48.0 Å². The van der Waals surface area contributed by atoms with Crippen molar-refractivity contribution in [1.82, 2.24) is 10.2 Å². The first-order valence-corrected chi connectivity index (χ1v) is 15.4. The third kappa shape index (κ3) is 9.49. The summed E-state index contributed by atoms with van der Waals surface area (Å²) in [7, 11) is -3.86. The molecule has 0 saturated heterocycles. The third-order valence-electron chi connectivity index (χ3n) is 6.88. The molecule has 1 N–H and O–H groups in total. The second kappa shape index (κ2) is 13.9. The van der Waals surface area contributed by atoms with Gasteiger partial charge in [0.15, 0.2) is 9.84 Å². The number of amides is 1. The zero-order valence-electron chi connectivity index (χ0n) is 24.4. The van der Waals surface area contributed by atoms with Crippen LogP contribution in [0.1, 0.15) is 49.4 Å². The monoisotopic (exact) mass is 626 g/mol. The molecule has 0 aromatic heterocycles. The first-order chi connectivity index (χ1) is 20.0. The van der Waals surface area contributed by atoms with Gasteiger partial charge in [0.05, 0.1) is 17.1 Å². The number of hydrogen-bond acceptors (Lipinski definition) is 5. The molecular formula is C31H35F5N2O4S. The van der Waals surface area contributed by atoms with Gasteiger partial charge < -0.3 is 10.1 Å². The molecule has 0 aliphatic carbocycles. The van der Waals surface area contributed by atoms with Crippen molar-refractivity contribution in [2.24, 2.45) is 0 Å². The molecule has 43 heavy (non-hydrogen) atoms. The van der Waals surface area contributed by atoms with Gasteiger partial charge in [-0.15, -0.1) is 0 Å². The van der Waals surface area contributed by atoms with Crippen LogP contribution in [0, 0.1) is 11.6 Å². The number of halogens is 5. The molecule has 6 nitrogen and oxygen atoms in total. The number of nitrogens with zero attached hydrogens (tertiary/aromatic N) is 1. The fraction of sp³-hybridized carbons (Fsp3) is 0.387. The first kappa shape index (κ1) is 34.0. The van der Waals surface area contributed by atoms with Gasteiger partial charge >= 0.3 is 6.18 Å². The van der Waals surface area contributed by atoms with Crippen LogP contribution in [0.25, 0.3) is 0 Å². The van der Waals surface area contributed by atoms with Crippen molar-refractivity contribution >= 4 is 15.7 Å². The summed E-state index contributed by atoms with van der Waals surface area (Å²) < 4.78 is 100. The number of sulfone groups is 1. The van der Waals surface area contributed by atoms with Crippen molar-refractivity contribution < 1.29 is 39.9 Å². The fourth-order valence-corrected chi connectivity index (χ4v) is 5.73. The summed E-state index contributed by atoms with van der Waals surface area (Å²) in [5.41, 5.74) is -1.08. The standard InChI is InChI=1S/C31H35F5N2O4S/c1-21(39)37-18-25-27(32)16-24(17-28(25)43(4,40)41)42-15-9-14-38(20-30(2,3)23-11-6-5-7-12-23)19-22-10-8-13-26(29(22)33)31(34,35)36/h5-8,10-13,16-17H,9,14-15,18-20H2,1-4H3,(H,37,39). The second-order valence-electron chi connectivity index (χ2n) is 11.0. The Morgan fingerprint density at radius 3 is 2.28 bits per heavy atom. The van der Waals surface area contributed by atoms with E-state index >= 15 is 0 Å². The van der Waals surface area contributed by atoms with Gasteiger partial charge in [0.1, 0.15) is 17.4 Å². The van der Waals surface area contributed by atoms with Gasteiger partial charge in [-0.05, 0) is 24.1 Å². The van der Waals surface area contributed by atoms with Crippen molar-refractivity contribution in [1.29, 1.82) is 0 Å². The minimum Gasteiger partial charge on any atom is -0.493 e. The zero-order chi connectivity index (χ0) is 32.0. The summed E-state index contributed by atoms with van der Waals surface area (Å²) in [5, 5.41) is 2.39. The Bertz CT molecular complexity index is 1530. The summed E-state index contributed by atoms with van der Waals surface area (Å²) in [6, 6.07) is 14.9. The van der Waals surface area contributed by atoms with Gasteiger partial charge in [0, 0.05) is 62.0 Å². The zero-order valence-corrected chi connectivity index (χ0v) is 25.2. The summed E-state index contributed by atoms with van der Waals surface area (Å²) in [6.07, 6.45) is -3.60. The number of ether oxygens (including phenoxy) is 1. The summed E-state index contributed by atoms with van der Waals surface area (Å²) in [6.45, 7) is 5.44. The van der Waals surface area contributed by atoms with Gasteiger partial charge in [-0.3, -0.25) is 9.69 Å². The van der Waals surface area contributed by atoms with Crippen LogP contribution in [0.15, 0.2) is 65.6 Å². The Hall–Kier alpha value is -3.51. The van der Waals surface area contributed by atoms with E-state index in [1.807, 2.05) is 49.1 Å². The molecule has 3 rings (SSSR count). The Kier molecular flexibility index (Phi) is 10.9. The SMILES string of the molecule is CC(=O)NCc1c(F)cc(OCCCN(Cc2cccc(C(F)(F)F)c2F)CC(C)(C)c2ccccc2)cc1S(C)(=O)=O. The highest BCUT2D eigenvalue weighted by Crippen LogP contribution is 2.33. The molecule has 234 valence electrons. The van der Waals surface area contributed by atoms with Gasteiger partial charge in [0.25, 0.3) is 0 Å². The average molecular weight is 627 g/mol. The van der Waals surface area contributed by atoms with E-state index in [9.17, 15) is 35.2 Å². The molecule has 0 aliphatic heterocycles. The van der Waals surface area contributed by atoms with Crippen LogP contribution in [0.2, 0.25) is 0 Å². The van der Waals surface area contributed by atoms with Gasteiger partial charge in [0.2, 0.25) is 5.91 Å². The maximum Gasteiger partial charge on any atom is 0.419 e. The van der Waals surface area contributed by atoms with Crippen LogP contribution >= 0.6 is 0 Å². The number of carbonyl (C=O) groups excluding carboxylic acids is 1. The van der Waals surface area contributed by atoms with E-state index < -0.39 is 44.5 Å². The fourth-order valence-electron chi connectivity index (χ4n) is 4.78. The Labute approximate surface area is 248 Å². The molecule has 0 heterocycles. The predicted octanol–water partition coefficient (Wildman–Crippen LogP) is 6.27. The van der Waals surface area contributed by atoms with Crippen molar-refractivity contribution in [3.63, 3.8) is 0 Å². The topological polar surface area (TPSA) is 75.7 Å². The minimum absolute atomic E-state index is 0.0149. The molecule has 0 spiro atoms. The van der Waals surface area contributed by atoms with Gasteiger partial charge in [-0.1, -0.05) is 56.3 Å². The van der Waals surface area contributed by atoms with Crippen molar-refractivity contribution in [2.75, 3.05) is 26.0 Å². The first-order valence-electron chi connectivity index (χ1n) is 13.5. The van der Waals surface area contributed by atoms with Gasteiger partial charge in [-0.2, -0.15) is 13.2 Å². The van der Waals surface area contributed by atoms with Crippen LogP contribution in [0.3, 0.4) is 0 Å². The lowest BCUT2D eigenvalue weighted by Gasteiger charge is -2.33. The van der Waals surface area contributed by atoms with E-state index in [1.54, 1.807) is 0 Å². The lowest BCUT2D eigenvalue weighted by molar-refractivity contribution is -0.140. The maximum absolute atomic E-state index is 14.9. The molecule has 3 aromatic rings. The maximum atomic E-state index is 14.9. The number of nitrogens with one attached hydrogen (secondary N) is 1. The van der Waals surface area contributed by atoms with Crippen LogP contribution in [0.5, 0.6) is 5.75 Å². The van der Waals surface area contributed by atoms with E-state index in [0.717, 1.165) is 17.9 Å². The minimum atomic E-state index is -4.83. The summed E-state index contributed by atoms with van der Waals surface area (Å²) >= 11 is 0.